The number of nitrogens with two attached hydrogens (primary N) is 1. The summed E-state index contributed by atoms with van der Waals surface area (Å²) in [5.74, 6) is 0.136. The molecular weight excluding hydrogens is 226 g/mol. The maximum atomic E-state index is 11.8. The van der Waals surface area contributed by atoms with Gasteiger partial charge in [0.2, 0.25) is 5.91 Å². The Hall–Kier alpha value is -0.610. The van der Waals surface area contributed by atoms with Crippen LogP contribution in [0.5, 0.6) is 0 Å². The Morgan fingerprint density at radius 1 is 1.11 bits per heavy atom. The van der Waals surface area contributed by atoms with Crippen LogP contribution in [0.15, 0.2) is 0 Å². The van der Waals surface area contributed by atoms with Gasteiger partial charge < -0.3 is 16.0 Å². The zero-order valence-corrected chi connectivity index (χ0v) is 11.4. The molecule has 1 saturated carbocycles. The number of nitrogens with one attached hydrogen (secondary N) is 1. The number of hydrogen-bond acceptors (Lipinski definition) is 3. The van der Waals surface area contributed by atoms with E-state index in [-0.39, 0.29) is 11.4 Å². The van der Waals surface area contributed by atoms with E-state index in [1.807, 2.05) is 0 Å². The molecule has 0 aromatic rings. The van der Waals surface area contributed by atoms with Gasteiger partial charge in [0.25, 0.3) is 0 Å². The number of nitrogens with zero attached hydrogens (tertiary/aromatic N) is 1. The molecule has 0 spiro atoms. The zero-order valence-electron chi connectivity index (χ0n) is 11.4. The van der Waals surface area contributed by atoms with E-state index in [1.54, 1.807) is 0 Å². The highest BCUT2D eigenvalue weighted by Crippen LogP contribution is 2.29. The standard InChI is InChI=1S/C14H27N3O/c15-14(6-2-3-7-14)12-13(18)16-8-11-17-9-4-1-5-10-17/h1-12,15H2,(H,16,18). The molecule has 1 heterocycles. The third-order valence-corrected chi connectivity index (χ3v) is 4.31. The van der Waals surface area contributed by atoms with Gasteiger partial charge >= 0.3 is 0 Å². The smallest absolute Gasteiger partial charge is 0.221 e. The molecule has 0 atom stereocenters. The lowest BCUT2D eigenvalue weighted by Crippen LogP contribution is -2.44. The second-order valence-electron chi connectivity index (χ2n) is 6.00. The van der Waals surface area contributed by atoms with Crippen molar-refractivity contribution >= 4 is 5.91 Å². The van der Waals surface area contributed by atoms with Gasteiger partial charge in [0, 0.05) is 25.0 Å². The molecule has 1 aliphatic heterocycles. The SMILES string of the molecule is NC1(CC(=O)NCCN2CCCCC2)CCCC1. The first-order valence-electron chi connectivity index (χ1n) is 7.46. The molecule has 0 radical (unpaired) electrons. The maximum Gasteiger partial charge on any atom is 0.221 e. The van der Waals surface area contributed by atoms with E-state index in [1.165, 1.54) is 45.2 Å². The van der Waals surface area contributed by atoms with Crippen molar-refractivity contribution in [2.24, 2.45) is 5.73 Å². The van der Waals surface area contributed by atoms with Gasteiger partial charge in [-0.1, -0.05) is 19.3 Å². The minimum absolute atomic E-state index is 0.136. The van der Waals surface area contributed by atoms with Crippen molar-refractivity contribution < 1.29 is 4.79 Å². The largest absolute Gasteiger partial charge is 0.355 e. The normalized spacial score (nSPS) is 24.1. The summed E-state index contributed by atoms with van der Waals surface area (Å²) in [6.45, 7) is 4.14. The summed E-state index contributed by atoms with van der Waals surface area (Å²) in [6.07, 6.45) is 8.85. The van der Waals surface area contributed by atoms with Crippen LogP contribution >= 0.6 is 0 Å². The Morgan fingerprint density at radius 3 is 2.44 bits per heavy atom. The van der Waals surface area contributed by atoms with Gasteiger partial charge in [-0.3, -0.25) is 4.79 Å². The van der Waals surface area contributed by atoms with E-state index >= 15 is 0 Å². The molecule has 0 unspecified atom stereocenters. The van der Waals surface area contributed by atoms with Crippen molar-refractivity contribution in [1.29, 1.82) is 0 Å². The molecule has 18 heavy (non-hydrogen) atoms. The maximum absolute atomic E-state index is 11.8. The van der Waals surface area contributed by atoms with E-state index in [9.17, 15) is 4.79 Å². The quantitative estimate of drug-likeness (QED) is 0.775. The first-order chi connectivity index (χ1) is 8.68. The summed E-state index contributed by atoms with van der Waals surface area (Å²) in [5.41, 5.74) is 5.99. The monoisotopic (exact) mass is 253 g/mol. The second-order valence-corrected chi connectivity index (χ2v) is 6.00. The fourth-order valence-corrected chi connectivity index (χ4v) is 3.17. The molecule has 1 saturated heterocycles. The summed E-state index contributed by atoms with van der Waals surface area (Å²) in [6, 6.07) is 0. The number of hydrogen-bond donors (Lipinski definition) is 2. The molecule has 1 aliphatic carbocycles. The fourth-order valence-electron chi connectivity index (χ4n) is 3.17. The predicted molar refractivity (Wildman–Crippen MR) is 73.3 cm³/mol. The summed E-state index contributed by atoms with van der Waals surface area (Å²) < 4.78 is 0. The molecule has 4 nitrogen and oxygen atoms in total. The summed E-state index contributed by atoms with van der Waals surface area (Å²) >= 11 is 0. The highest BCUT2D eigenvalue weighted by Gasteiger charge is 2.31. The molecule has 3 N–H and O–H groups in total. The second kappa shape index (κ2) is 6.53. The summed E-state index contributed by atoms with van der Waals surface area (Å²) in [5, 5.41) is 3.02. The minimum Gasteiger partial charge on any atom is -0.355 e. The van der Waals surface area contributed by atoms with Gasteiger partial charge in [0.05, 0.1) is 0 Å². The number of likely N-dealkylation sites (tertiary alicyclic amines) is 1. The lowest BCUT2D eigenvalue weighted by atomic mass is 9.94. The molecule has 104 valence electrons. The molecule has 2 aliphatic rings. The van der Waals surface area contributed by atoms with Gasteiger partial charge in [0.1, 0.15) is 0 Å². The molecule has 2 rings (SSSR count). The molecule has 0 bridgehead atoms. The van der Waals surface area contributed by atoms with Crippen molar-refractivity contribution in [1.82, 2.24) is 10.2 Å². The van der Waals surface area contributed by atoms with E-state index in [4.69, 9.17) is 5.73 Å². The van der Waals surface area contributed by atoms with Crippen molar-refractivity contribution in [3.05, 3.63) is 0 Å². The van der Waals surface area contributed by atoms with Crippen LogP contribution in [0.4, 0.5) is 0 Å². The van der Waals surface area contributed by atoms with Gasteiger partial charge in [-0.05, 0) is 38.8 Å². The van der Waals surface area contributed by atoms with Crippen LogP contribution in [-0.4, -0.2) is 42.5 Å². The lowest BCUT2D eigenvalue weighted by molar-refractivity contribution is -0.122. The van der Waals surface area contributed by atoms with Crippen molar-refractivity contribution in [3.63, 3.8) is 0 Å². The van der Waals surface area contributed by atoms with E-state index in [2.05, 4.69) is 10.2 Å². The highest BCUT2D eigenvalue weighted by molar-refractivity contribution is 5.77. The Morgan fingerprint density at radius 2 is 1.78 bits per heavy atom. The van der Waals surface area contributed by atoms with Crippen LogP contribution in [0.2, 0.25) is 0 Å². The molecule has 2 fully saturated rings. The van der Waals surface area contributed by atoms with E-state index < -0.39 is 0 Å². The van der Waals surface area contributed by atoms with Crippen LogP contribution in [0, 0.1) is 0 Å². The highest BCUT2D eigenvalue weighted by atomic mass is 16.1. The molecular formula is C14H27N3O. The Labute approximate surface area is 110 Å². The Bertz CT molecular complexity index is 268. The number of piperidine rings is 1. The average molecular weight is 253 g/mol. The number of carbonyl (C=O) groups excluding carboxylic acids is 1. The van der Waals surface area contributed by atoms with Gasteiger partial charge in [-0.2, -0.15) is 0 Å². The topological polar surface area (TPSA) is 58.4 Å². The first-order valence-corrected chi connectivity index (χ1v) is 7.46. The summed E-state index contributed by atoms with van der Waals surface area (Å²) in [4.78, 5) is 14.3. The first kappa shape index (κ1) is 13.8. The zero-order chi connectivity index (χ0) is 12.8. The van der Waals surface area contributed by atoms with E-state index in [0.29, 0.717) is 6.42 Å². The van der Waals surface area contributed by atoms with Crippen molar-refractivity contribution in [3.8, 4) is 0 Å². The summed E-state index contributed by atoms with van der Waals surface area (Å²) in [7, 11) is 0. The van der Waals surface area contributed by atoms with Crippen molar-refractivity contribution in [2.75, 3.05) is 26.2 Å². The number of rotatable bonds is 5. The van der Waals surface area contributed by atoms with Crippen LogP contribution in [0.25, 0.3) is 0 Å². The lowest BCUT2D eigenvalue weighted by Gasteiger charge is -2.27. The average Bonchev–Trinajstić information content (AvgIpc) is 2.77. The molecule has 1 amide bonds. The van der Waals surface area contributed by atoms with Crippen LogP contribution in [-0.2, 0) is 4.79 Å². The van der Waals surface area contributed by atoms with E-state index in [0.717, 1.165) is 25.9 Å². The van der Waals surface area contributed by atoms with Gasteiger partial charge in [0.15, 0.2) is 0 Å². The van der Waals surface area contributed by atoms with Gasteiger partial charge in [-0.15, -0.1) is 0 Å². The Balaban J connectivity index is 1.59. The number of amides is 1. The fraction of sp³-hybridized carbons (Fsp3) is 0.929. The predicted octanol–water partition coefficient (Wildman–Crippen LogP) is 1.25. The van der Waals surface area contributed by atoms with Crippen LogP contribution in [0.3, 0.4) is 0 Å². The number of carbonyl (C=O) groups is 1. The Kier molecular flexibility index (Phi) is 5.01. The molecule has 4 heteroatoms. The van der Waals surface area contributed by atoms with Crippen LogP contribution in [0.1, 0.15) is 51.4 Å². The van der Waals surface area contributed by atoms with Crippen molar-refractivity contribution in [2.45, 2.75) is 56.9 Å². The molecule has 0 aromatic heterocycles. The van der Waals surface area contributed by atoms with Crippen LogP contribution < -0.4 is 11.1 Å². The third kappa shape index (κ3) is 4.25. The molecule has 0 aromatic carbocycles. The minimum atomic E-state index is -0.213. The third-order valence-electron chi connectivity index (χ3n) is 4.31. The van der Waals surface area contributed by atoms with Gasteiger partial charge in [-0.25, -0.2) is 0 Å².